The minimum absolute atomic E-state index is 0.114. The van der Waals surface area contributed by atoms with Crippen LogP contribution in [0.4, 0.5) is 8.78 Å². The second-order valence-corrected chi connectivity index (χ2v) is 5.14. The van der Waals surface area contributed by atoms with Crippen molar-refractivity contribution in [2.24, 2.45) is 0 Å². The van der Waals surface area contributed by atoms with Crippen LogP contribution in [0.25, 0.3) is 11.4 Å². The number of aliphatic hydroxyl groups excluding tert-OH is 1. The molecule has 108 valence electrons. The normalized spacial score (nSPS) is 12.5. The van der Waals surface area contributed by atoms with Gasteiger partial charge in [0, 0.05) is 16.5 Å². The number of halogens is 2. The molecule has 0 spiro atoms. The molecule has 1 N–H and O–H groups in total. The van der Waals surface area contributed by atoms with Gasteiger partial charge in [-0.15, -0.1) is 10.2 Å². The molecule has 0 aliphatic heterocycles. The molecular weight excluding hydrogens is 298 g/mol. The molecule has 2 heterocycles. The van der Waals surface area contributed by atoms with Crippen LogP contribution in [-0.4, -0.2) is 25.3 Å². The number of hydrogen-bond acceptors (Lipinski definition) is 5. The molecule has 5 nitrogen and oxygen atoms in total. The fourth-order valence-electron chi connectivity index (χ4n) is 1.85. The largest absolute Gasteiger partial charge is 0.386 e. The predicted molar refractivity (Wildman–Crippen MR) is 72.4 cm³/mol. The summed E-state index contributed by atoms with van der Waals surface area (Å²) < 4.78 is 26.7. The van der Waals surface area contributed by atoms with E-state index in [2.05, 4.69) is 15.4 Å². The van der Waals surface area contributed by atoms with Crippen LogP contribution in [0, 0.1) is 11.6 Å². The summed E-state index contributed by atoms with van der Waals surface area (Å²) in [6.07, 6.45) is -1.26. The van der Waals surface area contributed by atoms with Crippen molar-refractivity contribution in [3.05, 3.63) is 52.2 Å². The number of aromatic nitrogens is 4. The molecular formula is C13H10F2N4OS. The van der Waals surface area contributed by atoms with E-state index in [9.17, 15) is 13.9 Å². The Morgan fingerprint density at radius 3 is 2.90 bits per heavy atom. The monoisotopic (exact) mass is 308 g/mol. The lowest BCUT2D eigenvalue weighted by Crippen LogP contribution is -2.13. The predicted octanol–water partition coefficient (Wildman–Crippen LogP) is 2.41. The third-order valence-electron chi connectivity index (χ3n) is 2.89. The van der Waals surface area contributed by atoms with Gasteiger partial charge in [0.25, 0.3) is 0 Å². The zero-order valence-corrected chi connectivity index (χ0v) is 11.5. The highest BCUT2D eigenvalue weighted by molar-refractivity contribution is 7.08. The van der Waals surface area contributed by atoms with E-state index in [0.717, 1.165) is 28.6 Å². The maximum absolute atomic E-state index is 13.6. The first kappa shape index (κ1) is 13.8. The lowest BCUT2D eigenvalue weighted by Gasteiger charge is -2.10. The molecule has 0 radical (unpaired) electrons. The summed E-state index contributed by atoms with van der Waals surface area (Å²) in [6.45, 7) is -0.114. The summed E-state index contributed by atoms with van der Waals surface area (Å²) in [6, 6.07) is 4.76. The summed E-state index contributed by atoms with van der Waals surface area (Å²) in [5.41, 5.74) is 0.682. The number of aliphatic hydroxyl groups is 1. The van der Waals surface area contributed by atoms with Crippen LogP contribution in [0.1, 0.15) is 11.7 Å². The lowest BCUT2D eigenvalue weighted by atomic mass is 10.1. The highest BCUT2D eigenvalue weighted by Gasteiger charge is 2.16. The van der Waals surface area contributed by atoms with E-state index in [1.807, 2.05) is 16.8 Å². The zero-order valence-electron chi connectivity index (χ0n) is 10.6. The number of benzene rings is 1. The minimum Gasteiger partial charge on any atom is -0.386 e. The van der Waals surface area contributed by atoms with Crippen molar-refractivity contribution >= 4 is 11.3 Å². The summed E-state index contributed by atoms with van der Waals surface area (Å²) in [5, 5.41) is 25.5. The number of rotatable bonds is 4. The number of nitrogens with zero attached hydrogens (tertiary/aromatic N) is 4. The fraction of sp³-hybridized carbons (Fsp3) is 0.154. The van der Waals surface area contributed by atoms with Gasteiger partial charge in [-0.05, 0) is 34.9 Å². The van der Waals surface area contributed by atoms with Gasteiger partial charge < -0.3 is 5.11 Å². The fourth-order valence-corrected chi connectivity index (χ4v) is 2.49. The molecule has 0 aliphatic rings. The number of tetrazole rings is 1. The van der Waals surface area contributed by atoms with E-state index in [4.69, 9.17) is 0 Å². The summed E-state index contributed by atoms with van der Waals surface area (Å²) in [5.74, 6) is -0.874. The second-order valence-electron chi connectivity index (χ2n) is 4.36. The molecule has 0 saturated heterocycles. The van der Waals surface area contributed by atoms with E-state index < -0.39 is 17.7 Å². The van der Waals surface area contributed by atoms with Gasteiger partial charge >= 0.3 is 0 Å². The van der Waals surface area contributed by atoms with E-state index in [1.54, 1.807) is 0 Å². The Bertz CT molecular complexity index is 744. The van der Waals surface area contributed by atoms with E-state index in [1.165, 1.54) is 11.3 Å². The van der Waals surface area contributed by atoms with Crippen molar-refractivity contribution in [2.45, 2.75) is 12.6 Å². The standard InChI is InChI=1S/C13H10F2N4OS/c14-9-1-2-11(15)10(5-9)12(20)6-19-17-13(16-18-19)8-3-4-21-7-8/h1-5,7,12,20H,6H2. The maximum Gasteiger partial charge on any atom is 0.205 e. The topological polar surface area (TPSA) is 63.8 Å². The van der Waals surface area contributed by atoms with Gasteiger partial charge in [-0.1, -0.05) is 0 Å². The first-order chi connectivity index (χ1) is 10.1. The van der Waals surface area contributed by atoms with Crippen LogP contribution < -0.4 is 0 Å². The summed E-state index contributed by atoms with van der Waals surface area (Å²) >= 11 is 1.50. The molecule has 8 heteroatoms. The Morgan fingerprint density at radius 1 is 1.29 bits per heavy atom. The van der Waals surface area contributed by atoms with Gasteiger partial charge in [-0.3, -0.25) is 0 Å². The summed E-state index contributed by atoms with van der Waals surface area (Å²) in [4.78, 5) is 1.15. The van der Waals surface area contributed by atoms with E-state index in [-0.39, 0.29) is 12.1 Å². The quantitative estimate of drug-likeness (QED) is 0.804. The van der Waals surface area contributed by atoms with Crippen LogP contribution in [0.3, 0.4) is 0 Å². The average Bonchev–Trinajstić information content (AvgIpc) is 3.11. The highest BCUT2D eigenvalue weighted by Crippen LogP contribution is 2.20. The first-order valence-corrected chi connectivity index (χ1v) is 7.01. The van der Waals surface area contributed by atoms with Crippen LogP contribution in [0.5, 0.6) is 0 Å². The molecule has 3 aromatic rings. The van der Waals surface area contributed by atoms with Crippen molar-refractivity contribution in [1.82, 2.24) is 20.2 Å². The second kappa shape index (κ2) is 5.66. The highest BCUT2D eigenvalue weighted by atomic mass is 32.1. The molecule has 0 aliphatic carbocycles. The van der Waals surface area contributed by atoms with Crippen LogP contribution in [-0.2, 0) is 6.54 Å². The van der Waals surface area contributed by atoms with Crippen molar-refractivity contribution in [2.75, 3.05) is 0 Å². The Balaban J connectivity index is 1.79. The zero-order chi connectivity index (χ0) is 14.8. The first-order valence-electron chi connectivity index (χ1n) is 6.07. The molecule has 21 heavy (non-hydrogen) atoms. The Morgan fingerprint density at radius 2 is 2.14 bits per heavy atom. The van der Waals surface area contributed by atoms with Crippen LogP contribution in [0.2, 0.25) is 0 Å². The van der Waals surface area contributed by atoms with Crippen LogP contribution in [0.15, 0.2) is 35.0 Å². The SMILES string of the molecule is OC(Cn1nnc(-c2ccsc2)n1)c1cc(F)ccc1F. The summed E-state index contributed by atoms with van der Waals surface area (Å²) in [7, 11) is 0. The van der Waals surface area contributed by atoms with Crippen molar-refractivity contribution in [3.8, 4) is 11.4 Å². The molecule has 0 fully saturated rings. The molecule has 1 aromatic carbocycles. The molecule has 1 atom stereocenters. The lowest BCUT2D eigenvalue weighted by molar-refractivity contribution is 0.140. The molecule has 0 amide bonds. The van der Waals surface area contributed by atoms with Gasteiger partial charge in [0.1, 0.15) is 17.7 Å². The Hall–Kier alpha value is -2.19. The molecule has 0 bridgehead atoms. The third kappa shape index (κ3) is 2.96. The van der Waals surface area contributed by atoms with Gasteiger partial charge in [-0.25, -0.2) is 8.78 Å². The van der Waals surface area contributed by atoms with Gasteiger partial charge in [0.05, 0.1) is 6.54 Å². The molecule has 1 unspecified atom stereocenters. The van der Waals surface area contributed by atoms with Crippen molar-refractivity contribution < 1.29 is 13.9 Å². The minimum atomic E-state index is -1.26. The van der Waals surface area contributed by atoms with E-state index in [0.29, 0.717) is 5.82 Å². The smallest absolute Gasteiger partial charge is 0.205 e. The van der Waals surface area contributed by atoms with Gasteiger partial charge in [0.2, 0.25) is 5.82 Å². The van der Waals surface area contributed by atoms with E-state index >= 15 is 0 Å². The number of hydrogen-bond donors (Lipinski definition) is 1. The Kier molecular flexibility index (Phi) is 3.72. The molecule has 0 saturated carbocycles. The molecule has 3 rings (SSSR count). The number of thiophene rings is 1. The Labute approximate surface area is 122 Å². The van der Waals surface area contributed by atoms with Crippen molar-refractivity contribution in [3.63, 3.8) is 0 Å². The van der Waals surface area contributed by atoms with Crippen molar-refractivity contribution in [1.29, 1.82) is 0 Å². The third-order valence-corrected chi connectivity index (χ3v) is 3.57. The van der Waals surface area contributed by atoms with Gasteiger partial charge in [-0.2, -0.15) is 16.1 Å². The molecule has 2 aromatic heterocycles. The van der Waals surface area contributed by atoms with Crippen LogP contribution >= 0.6 is 11.3 Å². The maximum atomic E-state index is 13.6. The van der Waals surface area contributed by atoms with Gasteiger partial charge in [0.15, 0.2) is 0 Å². The average molecular weight is 308 g/mol.